The van der Waals surface area contributed by atoms with E-state index in [1.54, 1.807) is 16.4 Å². The molecule has 1 aromatic carbocycles. The molecular weight excluding hydrogens is 278 g/mol. The molecule has 3 heterocycles. The van der Waals surface area contributed by atoms with Gasteiger partial charge in [0.25, 0.3) is 0 Å². The average molecular weight is 293 g/mol. The molecule has 4 aliphatic rings. The van der Waals surface area contributed by atoms with Crippen molar-refractivity contribution in [1.82, 2.24) is 13.9 Å². The fourth-order valence-corrected chi connectivity index (χ4v) is 4.22. The Hall–Kier alpha value is -2.56. The van der Waals surface area contributed by atoms with Crippen LogP contribution in [0.3, 0.4) is 0 Å². The summed E-state index contributed by atoms with van der Waals surface area (Å²) in [4.78, 5) is 24.7. The Morgan fingerprint density at radius 1 is 0.909 bits per heavy atom. The van der Waals surface area contributed by atoms with Crippen molar-refractivity contribution in [3.05, 3.63) is 75.1 Å². The lowest BCUT2D eigenvalue weighted by atomic mass is 9.62. The maximum absolute atomic E-state index is 12.4. The predicted molar refractivity (Wildman–Crippen MR) is 82.5 cm³/mol. The monoisotopic (exact) mass is 293 g/mol. The number of allylic oxidation sites excluding steroid dienone is 4. The molecule has 6 rings (SSSR count). The summed E-state index contributed by atoms with van der Waals surface area (Å²) in [6, 6.07) is 10.2. The molecule has 0 fully saturated rings. The second kappa shape index (κ2) is 3.80. The third-order valence-corrected chi connectivity index (χ3v) is 5.28. The van der Waals surface area contributed by atoms with E-state index in [9.17, 15) is 9.59 Å². The number of rotatable bonds is 1. The molecule has 0 amide bonds. The Kier molecular flexibility index (Phi) is 2.08. The van der Waals surface area contributed by atoms with Crippen molar-refractivity contribution in [2.75, 3.05) is 0 Å². The summed E-state index contributed by atoms with van der Waals surface area (Å²) in [5.41, 5.74) is 2.06. The third kappa shape index (κ3) is 1.21. The molecule has 2 bridgehead atoms. The summed E-state index contributed by atoms with van der Waals surface area (Å²) < 4.78 is 4.48. The van der Waals surface area contributed by atoms with Crippen molar-refractivity contribution in [3.63, 3.8) is 0 Å². The summed E-state index contributed by atoms with van der Waals surface area (Å²) >= 11 is 0. The minimum Gasteiger partial charge on any atom is -0.246 e. The first-order valence-electron chi connectivity index (χ1n) is 7.54. The first-order chi connectivity index (χ1) is 10.7. The molecule has 2 aliphatic heterocycles. The quantitative estimate of drug-likeness (QED) is 0.745. The SMILES string of the molecule is Cn1c(=O)n2n(c1=O)[C@H]1C=C[C@H]2[C@@H]2C=C(c3ccccc3)[C@H]21. The Labute approximate surface area is 126 Å². The van der Waals surface area contributed by atoms with Gasteiger partial charge in [0, 0.05) is 18.9 Å². The minimum absolute atomic E-state index is 0.0381. The molecule has 1 aromatic heterocycles. The number of aromatic nitrogens is 3. The van der Waals surface area contributed by atoms with Crippen LogP contribution in [-0.2, 0) is 7.05 Å². The molecule has 0 unspecified atom stereocenters. The van der Waals surface area contributed by atoms with Crippen LogP contribution < -0.4 is 11.4 Å². The van der Waals surface area contributed by atoms with Crippen molar-refractivity contribution >= 4 is 5.57 Å². The maximum Gasteiger partial charge on any atom is 0.347 e. The van der Waals surface area contributed by atoms with Gasteiger partial charge >= 0.3 is 11.4 Å². The van der Waals surface area contributed by atoms with Crippen molar-refractivity contribution < 1.29 is 0 Å². The lowest BCUT2D eigenvalue weighted by Crippen LogP contribution is -2.51. The van der Waals surface area contributed by atoms with Gasteiger partial charge in [-0.1, -0.05) is 48.6 Å². The number of benzene rings is 1. The smallest absolute Gasteiger partial charge is 0.246 e. The minimum atomic E-state index is -0.220. The van der Waals surface area contributed by atoms with Crippen LogP contribution in [0.2, 0.25) is 0 Å². The Bertz CT molecular complexity index is 958. The summed E-state index contributed by atoms with van der Waals surface area (Å²) in [6.07, 6.45) is 6.42. The van der Waals surface area contributed by atoms with E-state index in [0.29, 0.717) is 5.92 Å². The number of hydrogen-bond acceptors (Lipinski definition) is 2. The number of nitrogens with zero attached hydrogens (tertiary/aromatic N) is 3. The van der Waals surface area contributed by atoms with E-state index in [4.69, 9.17) is 0 Å². The van der Waals surface area contributed by atoms with Gasteiger partial charge in [0.2, 0.25) is 0 Å². The molecule has 0 radical (unpaired) electrons. The van der Waals surface area contributed by atoms with E-state index < -0.39 is 0 Å². The van der Waals surface area contributed by atoms with Gasteiger partial charge in [0.05, 0.1) is 12.1 Å². The highest BCUT2D eigenvalue weighted by Crippen LogP contribution is 2.56. The average Bonchev–Trinajstić information content (AvgIpc) is 2.75. The first kappa shape index (κ1) is 12.0. The third-order valence-electron chi connectivity index (χ3n) is 5.28. The van der Waals surface area contributed by atoms with Gasteiger partial charge in [-0.3, -0.25) is 0 Å². The molecule has 2 aromatic rings. The second-order valence-electron chi connectivity index (χ2n) is 6.27. The fraction of sp³-hybridized carbons (Fsp3) is 0.294. The van der Waals surface area contributed by atoms with Crippen LogP contribution in [0.15, 0.2) is 58.1 Å². The van der Waals surface area contributed by atoms with Gasteiger partial charge < -0.3 is 0 Å². The van der Waals surface area contributed by atoms with Crippen molar-refractivity contribution in [1.29, 1.82) is 0 Å². The zero-order valence-corrected chi connectivity index (χ0v) is 12.1. The van der Waals surface area contributed by atoms with Gasteiger partial charge in [0.1, 0.15) is 0 Å². The number of hydrogen-bond donors (Lipinski definition) is 0. The van der Waals surface area contributed by atoms with Gasteiger partial charge in [0.15, 0.2) is 0 Å². The molecule has 0 spiro atoms. The van der Waals surface area contributed by atoms with Crippen LogP contribution in [0, 0.1) is 11.8 Å². The molecule has 0 N–H and O–H groups in total. The molecule has 0 saturated carbocycles. The van der Waals surface area contributed by atoms with Crippen molar-refractivity contribution in [2.45, 2.75) is 12.1 Å². The van der Waals surface area contributed by atoms with E-state index in [1.165, 1.54) is 15.7 Å². The summed E-state index contributed by atoms with van der Waals surface area (Å²) in [6.45, 7) is 0. The fourth-order valence-electron chi connectivity index (χ4n) is 4.22. The van der Waals surface area contributed by atoms with Crippen LogP contribution in [0.1, 0.15) is 17.6 Å². The van der Waals surface area contributed by atoms with E-state index >= 15 is 0 Å². The zero-order chi connectivity index (χ0) is 15.0. The van der Waals surface area contributed by atoms with E-state index in [-0.39, 0.29) is 29.4 Å². The topological polar surface area (TPSA) is 48.9 Å². The van der Waals surface area contributed by atoms with E-state index in [2.05, 4.69) is 30.4 Å². The lowest BCUT2D eigenvalue weighted by Gasteiger charge is -2.51. The Morgan fingerprint density at radius 3 is 2.27 bits per heavy atom. The van der Waals surface area contributed by atoms with Gasteiger partial charge in [-0.15, -0.1) is 0 Å². The molecular formula is C17H15N3O2. The van der Waals surface area contributed by atoms with E-state index in [1.807, 2.05) is 18.2 Å². The van der Waals surface area contributed by atoms with Crippen LogP contribution in [0.4, 0.5) is 0 Å². The van der Waals surface area contributed by atoms with E-state index in [0.717, 1.165) is 0 Å². The Morgan fingerprint density at radius 2 is 1.55 bits per heavy atom. The summed E-state index contributed by atoms with van der Waals surface area (Å²) in [7, 11) is 1.55. The largest absolute Gasteiger partial charge is 0.347 e. The second-order valence-corrected chi connectivity index (χ2v) is 6.27. The molecule has 22 heavy (non-hydrogen) atoms. The van der Waals surface area contributed by atoms with Crippen LogP contribution in [0.5, 0.6) is 0 Å². The first-order valence-corrected chi connectivity index (χ1v) is 7.54. The highest BCUT2D eigenvalue weighted by molar-refractivity contribution is 5.75. The summed E-state index contributed by atoms with van der Waals surface area (Å²) in [5, 5.41) is 0. The molecule has 2 aliphatic carbocycles. The maximum atomic E-state index is 12.4. The van der Waals surface area contributed by atoms with Crippen LogP contribution in [0.25, 0.3) is 5.57 Å². The molecule has 5 nitrogen and oxygen atoms in total. The van der Waals surface area contributed by atoms with Gasteiger partial charge in [-0.2, -0.15) is 0 Å². The lowest BCUT2D eigenvalue weighted by molar-refractivity contribution is 0.147. The highest BCUT2D eigenvalue weighted by Gasteiger charge is 2.51. The molecule has 110 valence electrons. The normalized spacial score (nSPS) is 30.5. The van der Waals surface area contributed by atoms with Crippen LogP contribution >= 0.6 is 0 Å². The Balaban J connectivity index is 1.69. The molecule has 4 atom stereocenters. The van der Waals surface area contributed by atoms with Crippen molar-refractivity contribution in [2.24, 2.45) is 18.9 Å². The molecule has 5 heteroatoms. The molecule has 0 saturated heterocycles. The standard InChI is InChI=1S/C17H15N3O2/c1-18-16(21)19-13-7-8-14(20(19)17(18)22)15-11(9-12(13)15)10-5-3-2-4-6-10/h2-9,12-15H,1H3/t12-,13-,14-,15+/m0/s1. The van der Waals surface area contributed by atoms with Crippen LogP contribution in [-0.4, -0.2) is 13.9 Å². The summed E-state index contributed by atoms with van der Waals surface area (Å²) in [5.74, 6) is 0.599. The van der Waals surface area contributed by atoms with Gasteiger partial charge in [-0.25, -0.2) is 23.5 Å². The predicted octanol–water partition coefficient (Wildman–Crippen LogP) is 1.34. The van der Waals surface area contributed by atoms with Gasteiger partial charge in [-0.05, 0) is 11.1 Å². The zero-order valence-electron chi connectivity index (χ0n) is 12.1. The van der Waals surface area contributed by atoms with Crippen molar-refractivity contribution in [3.8, 4) is 0 Å². The highest BCUT2D eigenvalue weighted by atomic mass is 16.2.